The number of halogens is 1. The predicted octanol–water partition coefficient (Wildman–Crippen LogP) is 3.95. The Bertz CT molecular complexity index is 521. The largest absolute Gasteiger partial charge is 0.323 e. The van der Waals surface area contributed by atoms with Crippen LogP contribution in [0.3, 0.4) is 0 Å². The molecule has 19 heavy (non-hydrogen) atoms. The van der Waals surface area contributed by atoms with E-state index >= 15 is 0 Å². The van der Waals surface area contributed by atoms with Crippen LogP contribution in [-0.2, 0) is 6.54 Å². The number of hydrogen-bond donors (Lipinski definition) is 1. The SMILES string of the molecule is Cc1ccc(C(N)CN(C)Cc2cc(Br)cs2)cc1. The lowest BCUT2D eigenvalue weighted by Crippen LogP contribution is -2.28. The third-order valence-corrected chi connectivity index (χ3v) is 4.74. The van der Waals surface area contributed by atoms with Crippen LogP contribution in [0, 0.1) is 6.92 Å². The molecule has 0 saturated carbocycles. The normalized spacial score (nSPS) is 12.9. The van der Waals surface area contributed by atoms with Crippen LogP contribution in [0.15, 0.2) is 40.2 Å². The fraction of sp³-hybridized carbons (Fsp3) is 0.333. The highest BCUT2D eigenvalue weighted by molar-refractivity contribution is 9.10. The van der Waals surface area contributed by atoms with E-state index in [0.29, 0.717) is 0 Å². The van der Waals surface area contributed by atoms with E-state index < -0.39 is 0 Å². The summed E-state index contributed by atoms with van der Waals surface area (Å²) in [5, 5.41) is 2.11. The summed E-state index contributed by atoms with van der Waals surface area (Å²) in [5.74, 6) is 0. The van der Waals surface area contributed by atoms with E-state index in [9.17, 15) is 0 Å². The van der Waals surface area contributed by atoms with Crippen molar-refractivity contribution >= 4 is 27.3 Å². The van der Waals surface area contributed by atoms with Gasteiger partial charge in [-0.25, -0.2) is 0 Å². The Kier molecular flexibility index (Phi) is 5.16. The fourth-order valence-corrected chi connectivity index (χ4v) is 3.55. The molecule has 2 aromatic rings. The molecule has 0 spiro atoms. The first-order valence-electron chi connectivity index (χ1n) is 6.28. The maximum atomic E-state index is 6.26. The van der Waals surface area contributed by atoms with Crippen LogP contribution in [0.25, 0.3) is 0 Å². The van der Waals surface area contributed by atoms with Crippen molar-refractivity contribution in [3.8, 4) is 0 Å². The number of nitrogens with two attached hydrogens (primary N) is 1. The van der Waals surface area contributed by atoms with E-state index in [2.05, 4.69) is 70.5 Å². The van der Waals surface area contributed by atoms with Crippen molar-refractivity contribution in [1.29, 1.82) is 0 Å². The quantitative estimate of drug-likeness (QED) is 0.894. The van der Waals surface area contributed by atoms with Gasteiger partial charge in [0.1, 0.15) is 0 Å². The molecule has 0 fully saturated rings. The zero-order chi connectivity index (χ0) is 13.8. The van der Waals surface area contributed by atoms with Crippen LogP contribution >= 0.6 is 27.3 Å². The van der Waals surface area contributed by atoms with Crippen LogP contribution in [0.1, 0.15) is 22.0 Å². The molecule has 0 amide bonds. The van der Waals surface area contributed by atoms with Crippen molar-refractivity contribution in [1.82, 2.24) is 4.90 Å². The lowest BCUT2D eigenvalue weighted by atomic mass is 10.1. The minimum Gasteiger partial charge on any atom is -0.323 e. The summed E-state index contributed by atoms with van der Waals surface area (Å²) >= 11 is 5.26. The van der Waals surface area contributed by atoms with Crippen molar-refractivity contribution < 1.29 is 0 Å². The molecule has 102 valence electrons. The minimum atomic E-state index is 0.0639. The molecule has 0 aliphatic carbocycles. The molecule has 1 unspecified atom stereocenters. The third-order valence-electron chi connectivity index (χ3n) is 3.06. The number of hydrogen-bond acceptors (Lipinski definition) is 3. The standard InChI is InChI=1S/C15H19BrN2S/c1-11-3-5-12(6-4-11)15(17)9-18(2)8-14-7-13(16)10-19-14/h3-7,10,15H,8-9,17H2,1-2H3. The van der Waals surface area contributed by atoms with Gasteiger partial charge < -0.3 is 5.73 Å². The van der Waals surface area contributed by atoms with Gasteiger partial charge in [-0.05, 0) is 41.5 Å². The summed E-state index contributed by atoms with van der Waals surface area (Å²) in [6, 6.07) is 10.7. The van der Waals surface area contributed by atoms with E-state index in [1.165, 1.54) is 16.0 Å². The van der Waals surface area contributed by atoms with Crippen molar-refractivity contribution in [2.75, 3.05) is 13.6 Å². The van der Waals surface area contributed by atoms with Gasteiger partial charge in [0, 0.05) is 33.9 Å². The van der Waals surface area contributed by atoms with E-state index in [1.807, 2.05) is 0 Å². The Morgan fingerprint density at radius 1 is 1.32 bits per heavy atom. The third kappa shape index (κ3) is 4.42. The Balaban J connectivity index is 1.91. The van der Waals surface area contributed by atoms with Crippen LogP contribution in [-0.4, -0.2) is 18.5 Å². The Morgan fingerprint density at radius 2 is 2.00 bits per heavy atom. The second-order valence-electron chi connectivity index (χ2n) is 4.95. The van der Waals surface area contributed by atoms with Crippen molar-refractivity contribution in [3.63, 3.8) is 0 Å². The minimum absolute atomic E-state index is 0.0639. The van der Waals surface area contributed by atoms with Gasteiger partial charge in [-0.15, -0.1) is 11.3 Å². The Hall–Kier alpha value is -0.680. The van der Waals surface area contributed by atoms with Gasteiger partial charge in [0.15, 0.2) is 0 Å². The molecule has 0 aliphatic heterocycles. The second kappa shape index (κ2) is 6.66. The molecule has 1 heterocycles. The topological polar surface area (TPSA) is 29.3 Å². The zero-order valence-corrected chi connectivity index (χ0v) is 13.7. The van der Waals surface area contributed by atoms with Crippen molar-refractivity contribution in [2.24, 2.45) is 5.73 Å². The summed E-state index contributed by atoms with van der Waals surface area (Å²) in [6.45, 7) is 3.89. The van der Waals surface area contributed by atoms with Gasteiger partial charge in [0.2, 0.25) is 0 Å². The molecule has 0 bridgehead atoms. The van der Waals surface area contributed by atoms with Gasteiger partial charge in [-0.2, -0.15) is 0 Å². The number of rotatable bonds is 5. The molecule has 1 atom stereocenters. The summed E-state index contributed by atoms with van der Waals surface area (Å²) in [6.07, 6.45) is 0. The highest BCUT2D eigenvalue weighted by Crippen LogP contribution is 2.21. The first-order valence-corrected chi connectivity index (χ1v) is 7.95. The highest BCUT2D eigenvalue weighted by atomic mass is 79.9. The number of benzene rings is 1. The maximum absolute atomic E-state index is 6.26. The summed E-state index contributed by atoms with van der Waals surface area (Å²) in [5.41, 5.74) is 8.73. The van der Waals surface area contributed by atoms with Crippen LogP contribution in [0.5, 0.6) is 0 Å². The first-order chi connectivity index (χ1) is 9.04. The van der Waals surface area contributed by atoms with Gasteiger partial charge >= 0.3 is 0 Å². The monoisotopic (exact) mass is 338 g/mol. The zero-order valence-electron chi connectivity index (χ0n) is 11.3. The Morgan fingerprint density at radius 3 is 2.58 bits per heavy atom. The van der Waals surface area contributed by atoms with Crippen LogP contribution in [0.2, 0.25) is 0 Å². The van der Waals surface area contributed by atoms with Gasteiger partial charge in [0.25, 0.3) is 0 Å². The van der Waals surface area contributed by atoms with E-state index in [1.54, 1.807) is 11.3 Å². The summed E-state index contributed by atoms with van der Waals surface area (Å²) in [4.78, 5) is 3.62. The molecular formula is C15H19BrN2S. The molecule has 4 heteroatoms. The van der Waals surface area contributed by atoms with E-state index in [-0.39, 0.29) is 6.04 Å². The van der Waals surface area contributed by atoms with Gasteiger partial charge in [-0.1, -0.05) is 29.8 Å². The molecule has 0 saturated heterocycles. The Labute approximate surface area is 127 Å². The molecule has 0 radical (unpaired) electrons. The number of nitrogens with zero attached hydrogens (tertiary/aromatic N) is 1. The maximum Gasteiger partial charge on any atom is 0.0424 e. The molecular weight excluding hydrogens is 320 g/mol. The second-order valence-corrected chi connectivity index (χ2v) is 6.86. The first kappa shape index (κ1) is 14.7. The number of aryl methyl sites for hydroxylation is 1. The van der Waals surface area contributed by atoms with E-state index in [0.717, 1.165) is 17.6 Å². The van der Waals surface area contributed by atoms with Crippen molar-refractivity contribution in [2.45, 2.75) is 19.5 Å². The number of likely N-dealkylation sites (N-methyl/N-ethyl adjacent to an activating group) is 1. The van der Waals surface area contributed by atoms with Crippen molar-refractivity contribution in [3.05, 3.63) is 56.2 Å². The summed E-state index contributed by atoms with van der Waals surface area (Å²) in [7, 11) is 2.11. The highest BCUT2D eigenvalue weighted by Gasteiger charge is 2.10. The van der Waals surface area contributed by atoms with Gasteiger partial charge in [-0.3, -0.25) is 4.90 Å². The average molecular weight is 339 g/mol. The summed E-state index contributed by atoms with van der Waals surface area (Å²) < 4.78 is 1.16. The average Bonchev–Trinajstić information content (AvgIpc) is 2.75. The van der Waals surface area contributed by atoms with Crippen LogP contribution < -0.4 is 5.73 Å². The molecule has 2 N–H and O–H groups in total. The lowest BCUT2D eigenvalue weighted by molar-refractivity contribution is 0.308. The molecule has 0 aliphatic rings. The molecule has 2 rings (SSSR count). The molecule has 1 aromatic carbocycles. The number of thiophene rings is 1. The van der Waals surface area contributed by atoms with E-state index in [4.69, 9.17) is 5.73 Å². The molecule has 1 aromatic heterocycles. The van der Waals surface area contributed by atoms with Gasteiger partial charge in [0.05, 0.1) is 0 Å². The predicted molar refractivity (Wildman–Crippen MR) is 86.5 cm³/mol. The fourth-order valence-electron chi connectivity index (χ4n) is 2.02. The molecule has 2 nitrogen and oxygen atoms in total. The van der Waals surface area contributed by atoms with Crippen LogP contribution in [0.4, 0.5) is 0 Å². The lowest BCUT2D eigenvalue weighted by Gasteiger charge is -2.21. The smallest absolute Gasteiger partial charge is 0.0424 e.